The summed E-state index contributed by atoms with van der Waals surface area (Å²) < 4.78 is 0. The molecule has 0 bridgehead atoms. The maximum absolute atomic E-state index is 12.6. The van der Waals surface area contributed by atoms with Crippen molar-refractivity contribution in [3.63, 3.8) is 0 Å². The molecule has 0 saturated heterocycles. The van der Waals surface area contributed by atoms with Crippen molar-refractivity contribution in [2.75, 3.05) is 5.32 Å². The summed E-state index contributed by atoms with van der Waals surface area (Å²) in [4.78, 5) is 48.0. The summed E-state index contributed by atoms with van der Waals surface area (Å²) in [6.45, 7) is 5.37. The Morgan fingerprint density at radius 2 is 1.67 bits per heavy atom. The number of imide groups is 1. The molecule has 154 valence electrons. The van der Waals surface area contributed by atoms with Gasteiger partial charge < -0.3 is 5.32 Å². The van der Waals surface area contributed by atoms with Crippen LogP contribution < -0.4 is 10.6 Å². The molecule has 8 heteroatoms. The third-order valence-corrected chi connectivity index (χ3v) is 4.88. The highest BCUT2D eigenvalue weighted by Gasteiger charge is 2.27. The van der Waals surface area contributed by atoms with Crippen molar-refractivity contribution in [2.24, 2.45) is 10.2 Å². The molecule has 1 atom stereocenters. The van der Waals surface area contributed by atoms with Gasteiger partial charge in [-0.05, 0) is 61.2 Å². The van der Waals surface area contributed by atoms with Gasteiger partial charge in [0.2, 0.25) is 6.04 Å². The number of ketones is 1. The first-order valence-corrected chi connectivity index (χ1v) is 9.67. The van der Waals surface area contributed by atoms with Gasteiger partial charge in [0.25, 0.3) is 17.7 Å². The second kappa shape index (κ2) is 8.77. The Labute approximate surface area is 173 Å². The maximum atomic E-state index is 12.6. The Bertz CT molecular complexity index is 1070. The van der Waals surface area contributed by atoms with Gasteiger partial charge >= 0.3 is 0 Å². The Hall–Kier alpha value is -3.68. The number of amides is 3. The van der Waals surface area contributed by atoms with Crippen LogP contribution in [0.4, 0.5) is 11.4 Å². The molecule has 1 unspecified atom stereocenters. The average molecular weight is 406 g/mol. The molecule has 0 aromatic heterocycles. The third kappa shape index (κ3) is 4.32. The van der Waals surface area contributed by atoms with Crippen molar-refractivity contribution in [3.05, 3.63) is 58.7 Å². The van der Waals surface area contributed by atoms with Gasteiger partial charge in [-0.3, -0.25) is 24.5 Å². The van der Waals surface area contributed by atoms with Crippen LogP contribution in [0.1, 0.15) is 52.6 Å². The lowest BCUT2D eigenvalue weighted by atomic mass is 10.0. The highest BCUT2D eigenvalue weighted by Crippen LogP contribution is 2.23. The summed E-state index contributed by atoms with van der Waals surface area (Å²) in [5.41, 5.74) is 3.62. The largest absolute Gasteiger partial charge is 0.324 e. The van der Waals surface area contributed by atoms with E-state index in [0.29, 0.717) is 5.69 Å². The zero-order valence-electron chi connectivity index (χ0n) is 17.0. The van der Waals surface area contributed by atoms with Gasteiger partial charge in [0.1, 0.15) is 0 Å². The summed E-state index contributed by atoms with van der Waals surface area (Å²) in [6.07, 6.45) is 1.73. The van der Waals surface area contributed by atoms with Gasteiger partial charge in [0, 0.05) is 5.69 Å². The fraction of sp³-hybridized carbons (Fsp3) is 0.273. The van der Waals surface area contributed by atoms with E-state index in [1.807, 2.05) is 19.1 Å². The minimum atomic E-state index is -1.33. The number of nitrogens with one attached hydrogen (secondary N) is 2. The minimum Gasteiger partial charge on any atom is -0.324 e. The number of benzene rings is 2. The number of fused-ring (bicyclic) bond motifs is 1. The molecule has 0 spiro atoms. The van der Waals surface area contributed by atoms with E-state index in [4.69, 9.17) is 0 Å². The third-order valence-electron chi connectivity index (χ3n) is 4.88. The highest BCUT2D eigenvalue weighted by atomic mass is 16.2. The first-order valence-electron chi connectivity index (χ1n) is 9.67. The summed E-state index contributed by atoms with van der Waals surface area (Å²) in [6, 6.07) is 8.65. The maximum Gasteiger partial charge on any atom is 0.259 e. The quantitative estimate of drug-likeness (QED) is 0.416. The van der Waals surface area contributed by atoms with E-state index in [1.165, 1.54) is 30.7 Å². The Kier molecular flexibility index (Phi) is 6.15. The molecule has 0 fully saturated rings. The Balaban J connectivity index is 1.79. The van der Waals surface area contributed by atoms with E-state index in [2.05, 4.69) is 27.8 Å². The van der Waals surface area contributed by atoms with Gasteiger partial charge in [-0.25, -0.2) is 0 Å². The van der Waals surface area contributed by atoms with Crippen LogP contribution in [-0.2, 0) is 22.4 Å². The summed E-state index contributed by atoms with van der Waals surface area (Å²) >= 11 is 0. The molecule has 0 aliphatic carbocycles. The molecule has 8 nitrogen and oxygen atoms in total. The van der Waals surface area contributed by atoms with Crippen LogP contribution in [0.3, 0.4) is 0 Å². The average Bonchev–Trinajstić information content (AvgIpc) is 3.01. The van der Waals surface area contributed by atoms with Crippen LogP contribution >= 0.6 is 0 Å². The van der Waals surface area contributed by atoms with Crippen molar-refractivity contribution in [1.82, 2.24) is 5.32 Å². The van der Waals surface area contributed by atoms with E-state index < -0.39 is 29.5 Å². The van der Waals surface area contributed by atoms with Crippen molar-refractivity contribution in [1.29, 1.82) is 0 Å². The molecule has 0 saturated carbocycles. The molecule has 0 radical (unpaired) electrons. The monoisotopic (exact) mass is 406 g/mol. The highest BCUT2D eigenvalue weighted by molar-refractivity contribution is 6.21. The van der Waals surface area contributed by atoms with Gasteiger partial charge in [-0.2, -0.15) is 10.2 Å². The van der Waals surface area contributed by atoms with Crippen molar-refractivity contribution in [3.8, 4) is 0 Å². The molecular weight excluding hydrogens is 384 g/mol. The van der Waals surface area contributed by atoms with E-state index in [0.717, 1.165) is 18.4 Å². The second-order valence-corrected chi connectivity index (χ2v) is 6.92. The summed E-state index contributed by atoms with van der Waals surface area (Å²) in [7, 11) is 0. The minimum absolute atomic E-state index is 0.184. The van der Waals surface area contributed by atoms with Crippen LogP contribution in [0.15, 0.2) is 46.6 Å². The lowest BCUT2D eigenvalue weighted by Gasteiger charge is -2.12. The van der Waals surface area contributed by atoms with Gasteiger partial charge in [-0.15, -0.1) is 0 Å². The lowest BCUT2D eigenvalue weighted by molar-refractivity contribution is -0.126. The normalized spacial score (nSPS) is 13.8. The Morgan fingerprint density at radius 1 is 0.967 bits per heavy atom. The van der Waals surface area contributed by atoms with E-state index in [9.17, 15) is 19.2 Å². The van der Waals surface area contributed by atoms with Crippen molar-refractivity contribution in [2.45, 2.75) is 39.7 Å². The van der Waals surface area contributed by atoms with E-state index >= 15 is 0 Å². The van der Waals surface area contributed by atoms with Gasteiger partial charge in [0.15, 0.2) is 5.78 Å². The van der Waals surface area contributed by atoms with Crippen LogP contribution in [-0.4, -0.2) is 29.5 Å². The molecule has 30 heavy (non-hydrogen) atoms. The fourth-order valence-electron chi connectivity index (χ4n) is 3.25. The number of Topliss-reactive ketones (excluding diaryl/α,β-unsaturated/α-hetero) is 1. The van der Waals surface area contributed by atoms with E-state index in [-0.39, 0.29) is 16.8 Å². The Morgan fingerprint density at radius 3 is 2.33 bits per heavy atom. The first-order chi connectivity index (χ1) is 14.3. The molecule has 2 aromatic carbocycles. The number of rotatable bonds is 7. The number of carbonyl (C=O) groups excluding carboxylic acids is 4. The zero-order chi connectivity index (χ0) is 21.8. The van der Waals surface area contributed by atoms with Crippen molar-refractivity contribution >= 4 is 34.9 Å². The second-order valence-electron chi connectivity index (χ2n) is 6.92. The molecule has 1 aliphatic heterocycles. The van der Waals surface area contributed by atoms with Crippen LogP contribution in [0, 0.1) is 0 Å². The molecule has 2 N–H and O–H groups in total. The predicted molar refractivity (Wildman–Crippen MR) is 111 cm³/mol. The number of hydrogen-bond donors (Lipinski definition) is 2. The predicted octanol–water partition coefficient (Wildman–Crippen LogP) is 3.38. The van der Waals surface area contributed by atoms with Crippen molar-refractivity contribution < 1.29 is 19.2 Å². The SMILES string of the molecule is CCc1ccc(NC(=O)C(N=Nc2ccc3c(c2)C(=O)NC3=O)C(C)=O)cc1CC. The molecule has 3 rings (SSSR count). The van der Waals surface area contributed by atoms with Gasteiger partial charge in [-0.1, -0.05) is 19.9 Å². The molecular formula is C22H22N4O4. The lowest BCUT2D eigenvalue weighted by Crippen LogP contribution is -2.31. The number of carbonyl (C=O) groups is 4. The number of hydrogen-bond acceptors (Lipinski definition) is 6. The molecule has 3 amide bonds. The number of aryl methyl sites for hydroxylation is 2. The summed E-state index contributed by atoms with van der Waals surface area (Å²) in [5.74, 6) is -2.05. The van der Waals surface area contributed by atoms with Crippen LogP contribution in [0.25, 0.3) is 0 Å². The number of azo groups is 1. The first kappa shape index (κ1) is 21.0. The molecule has 1 heterocycles. The van der Waals surface area contributed by atoms with E-state index in [1.54, 1.807) is 6.07 Å². The standard InChI is InChI=1S/C22H22N4O4/c1-4-13-6-7-15(10-14(13)5-2)23-22(30)19(12(3)27)26-25-16-8-9-17-18(11-16)21(29)24-20(17)28/h6-11,19H,4-5H2,1-3H3,(H,23,30)(H,24,28,29). The number of nitrogens with zero attached hydrogens (tertiary/aromatic N) is 2. The summed E-state index contributed by atoms with van der Waals surface area (Å²) in [5, 5.41) is 12.7. The zero-order valence-corrected chi connectivity index (χ0v) is 17.0. The van der Waals surface area contributed by atoms with Crippen LogP contribution in [0.2, 0.25) is 0 Å². The van der Waals surface area contributed by atoms with Crippen LogP contribution in [0.5, 0.6) is 0 Å². The molecule has 1 aliphatic rings. The fourth-order valence-corrected chi connectivity index (χ4v) is 3.25. The molecule has 2 aromatic rings. The smallest absolute Gasteiger partial charge is 0.259 e. The topological polar surface area (TPSA) is 117 Å². The number of anilines is 1. The van der Waals surface area contributed by atoms with Gasteiger partial charge in [0.05, 0.1) is 16.8 Å².